The smallest absolute Gasteiger partial charge is 0.220 e. The van der Waals surface area contributed by atoms with E-state index in [1.54, 1.807) is 0 Å². The van der Waals surface area contributed by atoms with Gasteiger partial charge in [-0.25, -0.2) is 0 Å². The Bertz CT molecular complexity index is 697. The molecule has 1 aromatic rings. The molecule has 30 heavy (non-hydrogen) atoms. The van der Waals surface area contributed by atoms with Crippen molar-refractivity contribution < 1.29 is 4.79 Å². The lowest BCUT2D eigenvalue weighted by Gasteiger charge is -2.37. The number of anilines is 1. The van der Waals surface area contributed by atoms with Gasteiger partial charge in [-0.15, -0.1) is 0 Å². The highest BCUT2D eigenvalue weighted by atomic mass is 16.1. The van der Waals surface area contributed by atoms with Gasteiger partial charge < -0.3 is 10.2 Å². The molecule has 0 atom stereocenters. The molecule has 0 unspecified atom stereocenters. The van der Waals surface area contributed by atoms with E-state index in [-0.39, 0.29) is 5.91 Å². The van der Waals surface area contributed by atoms with Crippen molar-refractivity contribution in [2.45, 2.75) is 70.8 Å². The summed E-state index contributed by atoms with van der Waals surface area (Å²) >= 11 is 0. The molecule has 1 amide bonds. The van der Waals surface area contributed by atoms with Crippen LogP contribution in [-0.2, 0) is 11.2 Å². The van der Waals surface area contributed by atoms with Crippen LogP contribution in [0.2, 0.25) is 0 Å². The number of unbranched alkanes of at least 4 members (excludes halogenated alkanes) is 1. The summed E-state index contributed by atoms with van der Waals surface area (Å²) in [4.78, 5) is 17.1. The number of hydrogen-bond donors (Lipinski definition) is 1. The summed E-state index contributed by atoms with van der Waals surface area (Å²) in [6, 6.07) is 11.4. The van der Waals surface area contributed by atoms with E-state index in [2.05, 4.69) is 52.4 Å². The highest BCUT2D eigenvalue weighted by Crippen LogP contribution is 2.27. The van der Waals surface area contributed by atoms with Crippen LogP contribution >= 0.6 is 0 Å². The van der Waals surface area contributed by atoms with Gasteiger partial charge >= 0.3 is 0 Å². The van der Waals surface area contributed by atoms with E-state index in [1.165, 1.54) is 37.1 Å². The number of aryl methyl sites for hydroxylation is 1. The Kier molecular flexibility index (Phi) is 9.01. The van der Waals surface area contributed by atoms with Crippen LogP contribution in [0.25, 0.3) is 0 Å². The molecular weight excluding hydrogens is 372 g/mol. The molecule has 5 nitrogen and oxygen atoms in total. The molecule has 0 bridgehead atoms. The van der Waals surface area contributed by atoms with Gasteiger partial charge in [0.05, 0.1) is 6.07 Å². The van der Waals surface area contributed by atoms with Gasteiger partial charge in [0, 0.05) is 50.7 Å². The van der Waals surface area contributed by atoms with Crippen molar-refractivity contribution in [3.8, 4) is 6.07 Å². The first-order valence-electron chi connectivity index (χ1n) is 11.9. The highest BCUT2D eigenvalue weighted by molar-refractivity contribution is 5.76. The summed E-state index contributed by atoms with van der Waals surface area (Å²) in [5.74, 6) is 0.923. The maximum atomic E-state index is 11.9. The van der Waals surface area contributed by atoms with E-state index >= 15 is 0 Å². The largest absolute Gasteiger partial charge is 0.369 e. The number of hydrogen-bond acceptors (Lipinski definition) is 4. The number of nitrogens with one attached hydrogen (secondary N) is 1. The van der Waals surface area contributed by atoms with Gasteiger partial charge in [0.15, 0.2) is 0 Å². The molecule has 2 aliphatic rings. The quantitative estimate of drug-likeness (QED) is 0.622. The second-order valence-electron chi connectivity index (χ2n) is 8.94. The molecule has 164 valence electrons. The number of rotatable bonds is 9. The molecule has 1 heterocycles. The van der Waals surface area contributed by atoms with Crippen LogP contribution in [0.1, 0.15) is 63.9 Å². The monoisotopic (exact) mass is 410 g/mol. The minimum atomic E-state index is 0.121. The normalized spacial score (nSPS) is 22.5. The Balaban J connectivity index is 1.30. The Hall–Kier alpha value is -2.06. The number of nitrogens with zero attached hydrogens (tertiary/aromatic N) is 3. The van der Waals surface area contributed by atoms with Crippen LogP contribution in [0.3, 0.4) is 0 Å². The van der Waals surface area contributed by atoms with Crippen molar-refractivity contribution in [1.82, 2.24) is 10.2 Å². The fourth-order valence-corrected chi connectivity index (χ4v) is 4.79. The summed E-state index contributed by atoms with van der Waals surface area (Å²) in [6.07, 6.45) is 8.69. The molecule has 1 saturated carbocycles. The van der Waals surface area contributed by atoms with Crippen molar-refractivity contribution in [1.29, 1.82) is 5.26 Å². The fourth-order valence-electron chi connectivity index (χ4n) is 4.79. The minimum Gasteiger partial charge on any atom is -0.369 e. The lowest BCUT2D eigenvalue weighted by Crippen LogP contribution is -2.47. The number of carbonyl (C=O) groups excluding carboxylic acids is 1. The fraction of sp³-hybridized carbons (Fsp3) is 0.680. The molecule has 1 aliphatic heterocycles. The van der Waals surface area contributed by atoms with Gasteiger partial charge in [-0.1, -0.05) is 19.1 Å². The van der Waals surface area contributed by atoms with E-state index in [1.807, 2.05) is 0 Å². The second-order valence-corrected chi connectivity index (χ2v) is 8.94. The predicted octanol–water partition coefficient (Wildman–Crippen LogP) is 4.13. The lowest BCUT2D eigenvalue weighted by atomic mass is 9.84. The Morgan fingerprint density at radius 3 is 2.63 bits per heavy atom. The van der Waals surface area contributed by atoms with Crippen LogP contribution in [0.5, 0.6) is 0 Å². The zero-order valence-electron chi connectivity index (χ0n) is 18.6. The summed E-state index contributed by atoms with van der Waals surface area (Å²) in [7, 11) is 0. The molecule has 0 radical (unpaired) electrons. The molecule has 0 spiro atoms. The second kappa shape index (κ2) is 12.0. The van der Waals surface area contributed by atoms with Crippen LogP contribution in [-0.4, -0.2) is 49.6 Å². The maximum absolute atomic E-state index is 11.9. The van der Waals surface area contributed by atoms with E-state index in [0.717, 1.165) is 51.4 Å². The summed E-state index contributed by atoms with van der Waals surface area (Å²) in [5.41, 5.74) is 2.80. The van der Waals surface area contributed by atoms with E-state index in [4.69, 9.17) is 5.26 Å². The first kappa shape index (κ1) is 22.6. The van der Waals surface area contributed by atoms with Gasteiger partial charge in [-0.2, -0.15) is 5.26 Å². The Morgan fingerprint density at radius 2 is 1.93 bits per heavy atom. The number of nitriles is 1. The van der Waals surface area contributed by atoms with E-state index in [0.29, 0.717) is 25.3 Å². The van der Waals surface area contributed by atoms with Gasteiger partial charge in [0.25, 0.3) is 0 Å². The van der Waals surface area contributed by atoms with Crippen molar-refractivity contribution in [3.05, 3.63) is 29.8 Å². The summed E-state index contributed by atoms with van der Waals surface area (Å²) in [5, 5.41) is 11.7. The average Bonchev–Trinajstić information content (AvgIpc) is 2.79. The third kappa shape index (κ3) is 7.02. The van der Waals surface area contributed by atoms with Crippen molar-refractivity contribution in [2.75, 3.05) is 37.6 Å². The molecule has 1 saturated heterocycles. The number of carbonyl (C=O) groups is 1. The zero-order chi connectivity index (χ0) is 21.2. The van der Waals surface area contributed by atoms with Crippen molar-refractivity contribution >= 4 is 11.6 Å². The summed E-state index contributed by atoms with van der Waals surface area (Å²) < 4.78 is 0. The summed E-state index contributed by atoms with van der Waals surface area (Å²) in [6.45, 7) is 7.98. The van der Waals surface area contributed by atoms with Gasteiger partial charge in [0.1, 0.15) is 0 Å². The lowest BCUT2D eigenvalue weighted by molar-refractivity contribution is -0.122. The standard InChI is InChI=1S/C25H38N4O/c1-2-21-6-5-7-24(20-21)29-18-16-28(17-19-29)15-13-22-9-11-23(12-10-22)27-25(30)8-3-4-14-26/h5-7,20,22-23H,2-4,8-13,15-19H2,1H3,(H,27,30). The van der Waals surface area contributed by atoms with Crippen LogP contribution in [0, 0.1) is 17.2 Å². The SMILES string of the molecule is CCc1cccc(N2CCN(CCC3CCC(NC(=O)CCCC#N)CC3)CC2)c1. The molecule has 1 aromatic carbocycles. The van der Waals surface area contributed by atoms with Crippen molar-refractivity contribution in [3.63, 3.8) is 0 Å². The topological polar surface area (TPSA) is 59.4 Å². The van der Waals surface area contributed by atoms with Crippen LogP contribution < -0.4 is 10.2 Å². The molecule has 5 heteroatoms. The van der Waals surface area contributed by atoms with Gasteiger partial charge in [-0.05, 0) is 75.1 Å². The zero-order valence-corrected chi connectivity index (χ0v) is 18.6. The first-order chi connectivity index (χ1) is 14.7. The van der Waals surface area contributed by atoms with Crippen molar-refractivity contribution in [2.24, 2.45) is 5.92 Å². The molecule has 0 aromatic heterocycles. The third-order valence-corrected chi connectivity index (χ3v) is 6.81. The third-order valence-electron chi connectivity index (χ3n) is 6.81. The number of amides is 1. The van der Waals surface area contributed by atoms with E-state index < -0.39 is 0 Å². The predicted molar refractivity (Wildman–Crippen MR) is 122 cm³/mol. The molecule has 1 aliphatic carbocycles. The number of benzene rings is 1. The van der Waals surface area contributed by atoms with Gasteiger partial charge in [-0.3, -0.25) is 9.69 Å². The Labute approximate surface area is 182 Å². The Morgan fingerprint density at radius 1 is 1.17 bits per heavy atom. The van der Waals surface area contributed by atoms with Gasteiger partial charge in [0.2, 0.25) is 5.91 Å². The van der Waals surface area contributed by atoms with Crippen LogP contribution in [0.4, 0.5) is 5.69 Å². The molecular formula is C25H38N4O. The highest BCUT2D eigenvalue weighted by Gasteiger charge is 2.24. The molecule has 1 N–H and O–H groups in total. The average molecular weight is 411 g/mol. The molecule has 3 rings (SSSR count). The minimum absolute atomic E-state index is 0.121. The number of piperazine rings is 1. The maximum Gasteiger partial charge on any atom is 0.220 e. The molecule has 2 fully saturated rings. The van der Waals surface area contributed by atoms with Crippen LogP contribution in [0.15, 0.2) is 24.3 Å². The first-order valence-corrected chi connectivity index (χ1v) is 11.9. The van der Waals surface area contributed by atoms with E-state index in [9.17, 15) is 4.79 Å².